The lowest BCUT2D eigenvalue weighted by Crippen LogP contribution is -2.24. The molecule has 0 saturated heterocycles. The largest absolute Gasteiger partial charge is 0.478 e. The highest BCUT2D eigenvalue weighted by Gasteiger charge is 2.16. The standard InChI is InChI=1S/C11H12N2O4S/c1-8-3-4-9(7-10(8)11(14)15)18(16,17)13-6-2-5-12/h3-4,7,13H,2,6H2,1H3,(H,14,15). The monoisotopic (exact) mass is 268 g/mol. The third-order valence-corrected chi connectivity index (χ3v) is 3.74. The molecule has 0 bridgehead atoms. The fourth-order valence-electron chi connectivity index (χ4n) is 1.32. The number of aryl methyl sites for hydroxylation is 1. The van der Waals surface area contributed by atoms with Crippen molar-refractivity contribution in [2.24, 2.45) is 0 Å². The van der Waals surface area contributed by atoms with E-state index in [1.165, 1.54) is 12.1 Å². The Hall–Kier alpha value is -1.91. The van der Waals surface area contributed by atoms with Crippen LogP contribution in [0, 0.1) is 18.3 Å². The van der Waals surface area contributed by atoms with Gasteiger partial charge >= 0.3 is 5.97 Å². The molecule has 0 amide bonds. The molecule has 0 atom stereocenters. The number of carboxylic acids is 1. The summed E-state index contributed by atoms with van der Waals surface area (Å²) in [6.45, 7) is 1.58. The minimum Gasteiger partial charge on any atom is -0.478 e. The number of carbonyl (C=O) groups is 1. The van der Waals surface area contributed by atoms with Crippen molar-refractivity contribution in [3.8, 4) is 6.07 Å². The molecule has 0 fully saturated rings. The molecule has 2 N–H and O–H groups in total. The zero-order valence-electron chi connectivity index (χ0n) is 9.67. The Labute approximate surface area is 105 Å². The molecular weight excluding hydrogens is 256 g/mol. The summed E-state index contributed by atoms with van der Waals surface area (Å²) in [5.74, 6) is -1.18. The quantitative estimate of drug-likeness (QED) is 0.771. The fraction of sp³-hybridized carbons (Fsp3) is 0.273. The number of nitrogens with zero attached hydrogens (tertiary/aromatic N) is 1. The molecule has 1 rings (SSSR count). The molecule has 0 aliphatic carbocycles. The molecule has 0 saturated carbocycles. The molecule has 0 unspecified atom stereocenters. The number of aromatic carboxylic acids is 1. The first-order chi connectivity index (χ1) is 8.38. The number of sulfonamides is 1. The van der Waals surface area contributed by atoms with Crippen LogP contribution in [0.2, 0.25) is 0 Å². The number of benzene rings is 1. The van der Waals surface area contributed by atoms with E-state index >= 15 is 0 Å². The van der Waals surface area contributed by atoms with Gasteiger partial charge in [-0.25, -0.2) is 17.9 Å². The van der Waals surface area contributed by atoms with Crippen LogP contribution >= 0.6 is 0 Å². The van der Waals surface area contributed by atoms with Crippen LogP contribution in [0.3, 0.4) is 0 Å². The average molecular weight is 268 g/mol. The highest BCUT2D eigenvalue weighted by Crippen LogP contribution is 2.15. The second-order valence-corrected chi connectivity index (χ2v) is 5.35. The van der Waals surface area contributed by atoms with Crippen molar-refractivity contribution in [2.45, 2.75) is 18.2 Å². The van der Waals surface area contributed by atoms with Gasteiger partial charge in [0.05, 0.1) is 16.5 Å². The first-order valence-corrected chi connectivity index (χ1v) is 6.57. The fourth-order valence-corrected chi connectivity index (χ4v) is 2.38. The third-order valence-electron chi connectivity index (χ3n) is 2.28. The molecule has 0 heterocycles. The number of nitrogens with one attached hydrogen (secondary N) is 1. The normalized spacial score (nSPS) is 10.9. The maximum atomic E-state index is 11.8. The van der Waals surface area contributed by atoms with Crippen molar-refractivity contribution in [2.75, 3.05) is 6.54 Å². The van der Waals surface area contributed by atoms with Crippen molar-refractivity contribution >= 4 is 16.0 Å². The zero-order valence-corrected chi connectivity index (χ0v) is 10.5. The molecule has 0 aliphatic heterocycles. The summed E-state index contributed by atoms with van der Waals surface area (Å²) in [5.41, 5.74) is 0.427. The van der Waals surface area contributed by atoms with Crippen molar-refractivity contribution in [3.05, 3.63) is 29.3 Å². The van der Waals surface area contributed by atoms with E-state index in [4.69, 9.17) is 10.4 Å². The van der Waals surface area contributed by atoms with Gasteiger partial charge in [-0.3, -0.25) is 0 Å². The number of hydrogen-bond donors (Lipinski definition) is 2. The van der Waals surface area contributed by atoms with E-state index in [9.17, 15) is 13.2 Å². The van der Waals surface area contributed by atoms with E-state index in [2.05, 4.69) is 4.72 Å². The Bertz CT molecular complexity index is 602. The molecule has 96 valence electrons. The summed E-state index contributed by atoms with van der Waals surface area (Å²) in [6.07, 6.45) is 0.0525. The van der Waals surface area contributed by atoms with Gasteiger partial charge in [-0.2, -0.15) is 5.26 Å². The van der Waals surface area contributed by atoms with Crippen LogP contribution < -0.4 is 4.72 Å². The van der Waals surface area contributed by atoms with Gasteiger partial charge in [0.15, 0.2) is 0 Å². The Kier molecular flexibility index (Phi) is 4.42. The van der Waals surface area contributed by atoms with Gasteiger partial charge in [0, 0.05) is 13.0 Å². The van der Waals surface area contributed by atoms with E-state index < -0.39 is 16.0 Å². The molecule has 18 heavy (non-hydrogen) atoms. The van der Waals surface area contributed by atoms with E-state index in [0.717, 1.165) is 6.07 Å². The first kappa shape index (κ1) is 14.2. The predicted octanol–water partition coefficient (Wildman–Crippen LogP) is 0.885. The lowest BCUT2D eigenvalue weighted by molar-refractivity contribution is 0.0696. The number of carboxylic acid groups (broad SMARTS) is 1. The molecule has 1 aromatic carbocycles. The van der Waals surface area contributed by atoms with Crippen LogP contribution in [0.25, 0.3) is 0 Å². The number of rotatable bonds is 5. The molecule has 1 aromatic rings. The molecular formula is C11H12N2O4S. The maximum absolute atomic E-state index is 11.8. The van der Waals surface area contributed by atoms with Gasteiger partial charge in [0.1, 0.15) is 0 Å². The predicted molar refractivity (Wildman–Crippen MR) is 63.6 cm³/mol. The van der Waals surface area contributed by atoms with Crippen molar-refractivity contribution in [1.82, 2.24) is 4.72 Å². The maximum Gasteiger partial charge on any atom is 0.335 e. The number of hydrogen-bond acceptors (Lipinski definition) is 4. The SMILES string of the molecule is Cc1ccc(S(=O)(=O)NCCC#N)cc1C(=O)O. The Morgan fingerprint density at radius 2 is 2.17 bits per heavy atom. The summed E-state index contributed by atoms with van der Waals surface area (Å²) in [5, 5.41) is 17.2. The van der Waals surface area contributed by atoms with Crippen LogP contribution in [-0.2, 0) is 10.0 Å². The molecule has 0 spiro atoms. The third kappa shape index (κ3) is 3.29. The second kappa shape index (κ2) is 5.62. The van der Waals surface area contributed by atoms with Gasteiger partial charge < -0.3 is 5.11 Å². The molecule has 7 heteroatoms. The smallest absolute Gasteiger partial charge is 0.335 e. The van der Waals surface area contributed by atoms with Gasteiger partial charge in [-0.1, -0.05) is 6.07 Å². The molecule has 6 nitrogen and oxygen atoms in total. The first-order valence-electron chi connectivity index (χ1n) is 5.09. The highest BCUT2D eigenvalue weighted by atomic mass is 32.2. The average Bonchev–Trinajstić information content (AvgIpc) is 2.29. The molecule has 0 aliphatic rings. The van der Waals surface area contributed by atoms with Crippen LogP contribution in [0.15, 0.2) is 23.1 Å². The van der Waals surface area contributed by atoms with Crippen LogP contribution in [-0.4, -0.2) is 26.0 Å². The Morgan fingerprint density at radius 1 is 1.50 bits per heavy atom. The zero-order chi connectivity index (χ0) is 13.8. The number of nitriles is 1. The minimum atomic E-state index is -3.77. The van der Waals surface area contributed by atoms with Crippen molar-refractivity contribution in [3.63, 3.8) is 0 Å². The molecule has 0 aromatic heterocycles. The highest BCUT2D eigenvalue weighted by molar-refractivity contribution is 7.89. The van der Waals surface area contributed by atoms with E-state index in [0.29, 0.717) is 5.56 Å². The summed E-state index contributed by atoms with van der Waals surface area (Å²) in [7, 11) is -3.77. The van der Waals surface area contributed by atoms with Crippen molar-refractivity contribution < 1.29 is 18.3 Å². The van der Waals surface area contributed by atoms with Gasteiger partial charge in [0.2, 0.25) is 10.0 Å². The summed E-state index contributed by atoms with van der Waals surface area (Å²) >= 11 is 0. The topological polar surface area (TPSA) is 107 Å². The lowest BCUT2D eigenvalue weighted by atomic mass is 10.1. The Balaban J connectivity index is 3.07. The van der Waals surface area contributed by atoms with Crippen LogP contribution in [0.5, 0.6) is 0 Å². The van der Waals surface area contributed by atoms with E-state index in [1.807, 2.05) is 6.07 Å². The van der Waals surface area contributed by atoms with E-state index in [1.54, 1.807) is 6.92 Å². The van der Waals surface area contributed by atoms with Crippen molar-refractivity contribution in [1.29, 1.82) is 5.26 Å². The summed E-state index contributed by atoms with van der Waals surface area (Å²) in [4.78, 5) is 10.8. The minimum absolute atomic E-state index is 0.00485. The lowest BCUT2D eigenvalue weighted by Gasteiger charge is -2.07. The molecule has 0 radical (unpaired) electrons. The van der Waals surface area contributed by atoms with Gasteiger partial charge in [0.25, 0.3) is 0 Å². The van der Waals surface area contributed by atoms with Gasteiger partial charge in [-0.05, 0) is 24.6 Å². The Morgan fingerprint density at radius 3 is 2.72 bits per heavy atom. The summed E-state index contributed by atoms with van der Waals surface area (Å²) in [6, 6.07) is 5.68. The van der Waals surface area contributed by atoms with Crippen LogP contribution in [0.1, 0.15) is 22.3 Å². The van der Waals surface area contributed by atoms with Gasteiger partial charge in [-0.15, -0.1) is 0 Å². The van der Waals surface area contributed by atoms with E-state index in [-0.39, 0.29) is 23.4 Å². The second-order valence-electron chi connectivity index (χ2n) is 3.59. The summed E-state index contributed by atoms with van der Waals surface area (Å²) < 4.78 is 25.8. The van der Waals surface area contributed by atoms with Crippen LogP contribution in [0.4, 0.5) is 0 Å².